The van der Waals surface area contributed by atoms with Gasteiger partial charge in [-0.15, -0.1) is 0 Å². The van der Waals surface area contributed by atoms with Crippen molar-refractivity contribution in [2.75, 3.05) is 73.2 Å². The van der Waals surface area contributed by atoms with Gasteiger partial charge in [-0.1, -0.05) is 67.3 Å². The molecule has 27 heteroatoms. The second-order valence-electron chi connectivity index (χ2n) is 20.1. The Morgan fingerprint density at radius 3 is 1.91 bits per heavy atom. The topological polar surface area (TPSA) is 395 Å². The van der Waals surface area contributed by atoms with Crippen molar-refractivity contribution in [1.82, 2.24) is 10.6 Å². The summed E-state index contributed by atoms with van der Waals surface area (Å²) in [5, 5.41) is 98.8. The van der Waals surface area contributed by atoms with Crippen LogP contribution in [0.2, 0.25) is 0 Å². The van der Waals surface area contributed by atoms with E-state index in [9.17, 15) is 69.7 Å². The Balaban J connectivity index is 0.000000436. The highest BCUT2D eigenvalue weighted by molar-refractivity contribution is 7.51. The van der Waals surface area contributed by atoms with Gasteiger partial charge in [-0.25, -0.2) is 0 Å². The molecule has 7 unspecified atom stereocenters. The number of Topliss-reactive ketones (excluding diaryl/α,β-unsaturated/α-hetero) is 2. The Labute approximate surface area is 471 Å². The van der Waals surface area contributed by atoms with Crippen LogP contribution in [0.3, 0.4) is 0 Å². The fraction of sp³-hybridized carbons (Fsp3) is 0.704. The van der Waals surface area contributed by atoms with Gasteiger partial charge in [0.2, 0.25) is 11.8 Å². The summed E-state index contributed by atoms with van der Waals surface area (Å²) in [7, 11) is -1.91. The predicted octanol–water partition coefficient (Wildman–Crippen LogP) is -0.479. The van der Waals surface area contributed by atoms with Crippen molar-refractivity contribution in [2.45, 2.75) is 170 Å². The van der Waals surface area contributed by atoms with Crippen molar-refractivity contribution in [3.05, 3.63) is 59.7 Å². The summed E-state index contributed by atoms with van der Waals surface area (Å²) in [5.74, 6) is -0.738. The van der Waals surface area contributed by atoms with E-state index in [0.717, 1.165) is 48.8 Å². The minimum absolute atomic E-state index is 0.0269. The SMILES string of the molecule is COCC(=O)CCCOCCC(=O)NCCCO[C@@H]1OC(CO)[C@@H](O[C@@H]2OC(CO)[C@H](O)[C@H](O[C@H]3OC(CO)[C@H](O)[C@H](O)C3O)C2O)[C@H](O)C1NC(C)=O.Cc1ccc(-c2cccc(C(=O)CCCCCCCOP(C)(=O)O)c2)cc1. The Hall–Kier alpha value is -3.81. The molecule has 3 heterocycles. The first-order valence-electron chi connectivity index (χ1n) is 27.2. The number of nitrogens with one attached hydrogen (secondary N) is 2. The van der Waals surface area contributed by atoms with Crippen LogP contribution >= 0.6 is 7.60 Å². The minimum Gasteiger partial charge on any atom is -0.394 e. The molecule has 26 nitrogen and oxygen atoms in total. The summed E-state index contributed by atoms with van der Waals surface area (Å²) >= 11 is 0. The zero-order chi connectivity index (χ0) is 59.6. The molecule has 2 aromatic carbocycles. The third-order valence-corrected chi connectivity index (χ3v) is 14.0. The van der Waals surface area contributed by atoms with E-state index < -0.39 is 125 Å². The molecule has 12 N–H and O–H groups in total. The first-order chi connectivity index (χ1) is 38.6. The Morgan fingerprint density at radius 2 is 1.26 bits per heavy atom. The number of aliphatic hydroxyl groups is 9. The molecule has 2 aromatic rings. The van der Waals surface area contributed by atoms with Crippen molar-refractivity contribution < 1.29 is 117 Å². The van der Waals surface area contributed by atoms with Gasteiger partial charge in [-0.3, -0.25) is 23.7 Å². The van der Waals surface area contributed by atoms with Crippen molar-refractivity contribution in [3.8, 4) is 11.1 Å². The summed E-state index contributed by atoms with van der Waals surface area (Å²) < 4.78 is 59.8. The number of amides is 2. The molecule has 5 rings (SSSR count). The Morgan fingerprint density at radius 1 is 0.630 bits per heavy atom. The van der Waals surface area contributed by atoms with Crippen molar-refractivity contribution in [3.63, 3.8) is 0 Å². The number of aliphatic hydroxyl groups excluding tert-OH is 9. The standard InChI is InChI=1S/C32H56N2O20.C22H29O4P/c1-15(38)34-21-24(43)28(19(13-37)52-30(21)49-9-4-7-33-20(40)6-10-48-8-3-5-16(39)14-47-2)53-32-27(46)29(23(42)18(12-36)51-32)54-31-26(45)25(44)22(41)17(11-35)50-31;1-18-12-14-19(15-13-18)20-9-8-10-21(17-20)22(23)11-6-4-3-5-7-16-26-27(2,24)25/h17-19,21-32,35-37,41-46H,3-14H2,1-2H3,(H,33,40)(H,34,38);8-10,12-15,17H,3-7,11,16H2,1-2H3,(H,24,25)/t17?,18?,19?,21?,22-,23-,24+,25-,26?,27?,28+,29-,30+,31+,32-;/m0./s1. The molecule has 0 radical (unpaired) electrons. The lowest BCUT2D eigenvalue weighted by Crippen LogP contribution is -2.68. The summed E-state index contributed by atoms with van der Waals surface area (Å²) in [6.45, 7) is 3.04. The number of methoxy groups -OCH3 is 1. The predicted molar refractivity (Wildman–Crippen MR) is 286 cm³/mol. The van der Waals surface area contributed by atoms with Crippen LogP contribution in [-0.4, -0.2) is 239 Å². The molecule has 3 saturated heterocycles. The monoisotopic (exact) mass is 1180 g/mol. The van der Waals surface area contributed by atoms with E-state index in [1.165, 1.54) is 26.3 Å². The van der Waals surface area contributed by atoms with Gasteiger partial charge in [0.25, 0.3) is 0 Å². The molecule has 16 atom stereocenters. The fourth-order valence-corrected chi connectivity index (χ4v) is 9.42. The molecule has 0 bridgehead atoms. The number of ether oxygens (including phenoxy) is 8. The highest BCUT2D eigenvalue weighted by atomic mass is 31.2. The van der Waals surface area contributed by atoms with E-state index in [-0.39, 0.29) is 56.7 Å². The quantitative estimate of drug-likeness (QED) is 0.0244. The van der Waals surface area contributed by atoms with Gasteiger partial charge in [0, 0.05) is 58.7 Å². The first-order valence-corrected chi connectivity index (χ1v) is 29.2. The number of aryl methyl sites for hydroxylation is 1. The molecule has 0 saturated carbocycles. The van der Waals surface area contributed by atoms with Gasteiger partial charge in [-0.05, 0) is 49.8 Å². The van der Waals surface area contributed by atoms with E-state index >= 15 is 0 Å². The third-order valence-electron chi connectivity index (χ3n) is 13.4. The smallest absolute Gasteiger partial charge is 0.325 e. The molecule has 3 aliphatic heterocycles. The van der Waals surface area contributed by atoms with Crippen LogP contribution in [0.5, 0.6) is 0 Å². The molecule has 0 spiro atoms. The van der Waals surface area contributed by atoms with Crippen molar-refractivity contribution >= 4 is 31.0 Å². The summed E-state index contributed by atoms with van der Waals surface area (Å²) in [4.78, 5) is 57.1. The van der Waals surface area contributed by atoms with E-state index in [2.05, 4.69) is 41.8 Å². The minimum atomic E-state index is -3.35. The second-order valence-corrected chi connectivity index (χ2v) is 21.9. The van der Waals surface area contributed by atoms with Gasteiger partial charge in [0.05, 0.1) is 39.6 Å². The molecule has 0 aliphatic carbocycles. The average Bonchev–Trinajstić information content (AvgIpc) is 3.43. The first kappa shape index (κ1) is 69.7. The molecule has 3 fully saturated rings. The summed E-state index contributed by atoms with van der Waals surface area (Å²) in [6.07, 6.45) is -17.0. The zero-order valence-corrected chi connectivity index (χ0v) is 47.2. The number of carbonyl (C=O) groups is 4. The number of benzene rings is 2. The molecular weight excluding hydrogens is 1090 g/mol. The molecule has 0 aromatic heterocycles. The third kappa shape index (κ3) is 23.3. The van der Waals surface area contributed by atoms with Crippen molar-refractivity contribution in [2.24, 2.45) is 0 Å². The van der Waals surface area contributed by atoms with Crippen LogP contribution < -0.4 is 10.6 Å². The fourth-order valence-electron chi connectivity index (χ4n) is 8.96. The number of hydrogen-bond donors (Lipinski definition) is 12. The molecule has 460 valence electrons. The summed E-state index contributed by atoms with van der Waals surface area (Å²) in [6, 6.07) is 14.9. The maximum atomic E-state index is 12.4. The molecule has 2 amide bonds. The van der Waals surface area contributed by atoms with Crippen LogP contribution in [0.1, 0.15) is 87.1 Å². The maximum Gasteiger partial charge on any atom is 0.325 e. The zero-order valence-electron chi connectivity index (χ0n) is 46.3. The second kappa shape index (κ2) is 36.1. The largest absolute Gasteiger partial charge is 0.394 e. The van der Waals surface area contributed by atoms with E-state index in [4.69, 9.17) is 47.3 Å². The van der Waals surface area contributed by atoms with Crippen molar-refractivity contribution in [1.29, 1.82) is 0 Å². The highest BCUT2D eigenvalue weighted by Crippen LogP contribution is 2.37. The van der Waals surface area contributed by atoms with E-state index in [1.54, 1.807) is 0 Å². The van der Waals surface area contributed by atoms with E-state index in [1.807, 2.05) is 24.3 Å². The molecule has 3 aliphatic rings. The molecular formula is C54H85N2O24P. The Bertz CT molecular complexity index is 2220. The van der Waals surface area contributed by atoms with Gasteiger partial charge in [0.1, 0.15) is 79.8 Å². The molecule has 81 heavy (non-hydrogen) atoms. The Kier molecular flexibility index (Phi) is 31.1. The van der Waals surface area contributed by atoms with Crippen LogP contribution in [0.25, 0.3) is 11.1 Å². The lowest BCUT2D eigenvalue weighted by molar-refractivity contribution is -0.376. The van der Waals surface area contributed by atoms with Crippen LogP contribution in [0.4, 0.5) is 0 Å². The lowest BCUT2D eigenvalue weighted by atomic mass is 9.95. The number of carbonyl (C=O) groups excluding carboxylic acids is 4. The average molecular weight is 1180 g/mol. The van der Waals surface area contributed by atoms with Gasteiger partial charge in [-0.2, -0.15) is 0 Å². The van der Waals surface area contributed by atoms with Gasteiger partial charge in [0.15, 0.2) is 30.4 Å². The van der Waals surface area contributed by atoms with Crippen LogP contribution in [0.15, 0.2) is 48.5 Å². The van der Waals surface area contributed by atoms with Gasteiger partial charge < -0.3 is 104 Å². The number of rotatable bonds is 33. The van der Waals surface area contributed by atoms with E-state index in [0.29, 0.717) is 32.5 Å². The maximum absolute atomic E-state index is 12.4. The number of hydrogen-bond acceptors (Lipinski definition) is 23. The van der Waals surface area contributed by atoms with Crippen LogP contribution in [0, 0.1) is 6.92 Å². The van der Waals surface area contributed by atoms with Gasteiger partial charge >= 0.3 is 7.60 Å². The number of unbranched alkanes of at least 4 members (excludes halogenated alkanes) is 4. The number of ketones is 2. The lowest BCUT2D eigenvalue weighted by Gasteiger charge is -2.48. The van der Waals surface area contributed by atoms with Crippen LogP contribution in [-0.2, 0) is 61.4 Å². The normalized spacial score (nSPS) is 29.2. The highest BCUT2D eigenvalue weighted by Gasteiger charge is 2.54. The summed E-state index contributed by atoms with van der Waals surface area (Å²) in [5.41, 5.74) is 4.18.